The molecule has 0 radical (unpaired) electrons. The Bertz CT molecular complexity index is 855. The number of rotatable bonds is 9. The van der Waals surface area contributed by atoms with E-state index in [0.717, 1.165) is 10.6 Å². The summed E-state index contributed by atoms with van der Waals surface area (Å²) >= 11 is 1.53. The minimum absolute atomic E-state index is 0.165. The largest absolute Gasteiger partial charge is 0.496 e. The van der Waals surface area contributed by atoms with Gasteiger partial charge in [-0.2, -0.15) is 0 Å². The molecule has 0 heterocycles. The van der Waals surface area contributed by atoms with E-state index >= 15 is 0 Å². The zero-order valence-corrected chi connectivity index (χ0v) is 17.5. The average Bonchev–Trinajstić information content (AvgIpc) is 2.69. The third-order valence-electron chi connectivity index (χ3n) is 3.90. The number of carbonyl (C=O) groups is 3. The fraction of sp³-hybridized carbons (Fsp3) is 0.286. The topological polar surface area (TPSA) is 96.5 Å². The summed E-state index contributed by atoms with van der Waals surface area (Å²) in [7, 11) is 1.61. The van der Waals surface area contributed by atoms with Gasteiger partial charge in [-0.1, -0.05) is 12.1 Å². The van der Waals surface area contributed by atoms with Crippen LogP contribution in [0.1, 0.15) is 20.3 Å². The first-order chi connectivity index (χ1) is 13.9. The van der Waals surface area contributed by atoms with E-state index < -0.39 is 6.04 Å². The molecule has 2 aromatic rings. The predicted molar refractivity (Wildman–Crippen MR) is 115 cm³/mol. The molecule has 0 saturated carbocycles. The van der Waals surface area contributed by atoms with Gasteiger partial charge in [-0.05, 0) is 43.3 Å². The molecule has 0 spiro atoms. The highest BCUT2D eigenvalue weighted by molar-refractivity contribution is 7.99. The molecule has 3 amide bonds. The van der Waals surface area contributed by atoms with E-state index in [1.165, 1.54) is 18.7 Å². The van der Waals surface area contributed by atoms with Crippen LogP contribution in [0.2, 0.25) is 0 Å². The second kappa shape index (κ2) is 11.1. The number of carbonyl (C=O) groups excluding carboxylic acids is 3. The van der Waals surface area contributed by atoms with Crippen molar-refractivity contribution in [1.29, 1.82) is 0 Å². The Hall–Kier alpha value is -3.00. The van der Waals surface area contributed by atoms with E-state index in [9.17, 15) is 14.4 Å². The summed E-state index contributed by atoms with van der Waals surface area (Å²) in [5, 5.41) is 8.09. The summed E-state index contributed by atoms with van der Waals surface area (Å²) < 4.78 is 5.29. The Kier molecular flexibility index (Phi) is 8.54. The van der Waals surface area contributed by atoms with Crippen LogP contribution in [0.15, 0.2) is 53.4 Å². The number of hydrogen-bond acceptors (Lipinski definition) is 5. The molecule has 3 N–H and O–H groups in total. The van der Waals surface area contributed by atoms with Crippen LogP contribution in [-0.2, 0) is 14.4 Å². The normalized spacial score (nSPS) is 11.3. The highest BCUT2D eigenvalue weighted by Crippen LogP contribution is 2.28. The van der Waals surface area contributed by atoms with Gasteiger partial charge in [0.1, 0.15) is 11.8 Å². The molecule has 1 unspecified atom stereocenters. The van der Waals surface area contributed by atoms with Gasteiger partial charge < -0.3 is 20.7 Å². The Balaban J connectivity index is 1.76. The van der Waals surface area contributed by atoms with Gasteiger partial charge in [-0.15, -0.1) is 11.8 Å². The van der Waals surface area contributed by atoms with Crippen molar-refractivity contribution in [3.8, 4) is 5.75 Å². The number of amides is 3. The molecular weight excluding hydrogens is 390 g/mol. The van der Waals surface area contributed by atoms with Gasteiger partial charge >= 0.3 is 0 Å². The third-order valence-corrected chi connectivity index (χ3v) is 4.96. The molecule has 0 bridgehead atoms. The maximum atomic E-state index is 12.3. The number of anilines is 2. The monoisotopic (exact) mass is 415 g/mol. The molecule has 29 heavy (non-hydrogen) atoms. The highest BCUT2D eigenvalue weighted by atomic mass is 32.2. The van der Waals surface area contributed by atoms with E-state index in [1.807, 2.05) is 24.3 Å². The first-order valence-electron chi connectivity index (χ1n) is 9.12. The van der Waals surface area contributed by atoms with E-state index in [2.05, 4.69) is 16.0 Å². The van der Waals surface area contributed by atoms with Crippen molar-refractivity contribution in [1.82, 2.24) is 5.32 Å². The SMILES string of the molecule is COc1ccccc1SCCC(=O)NC(C)C(=O)Nc1ccc(NC(C)=O)cc1. The smallest absolute Gasteiger partial charge is 0.246 e. The van der Waals surface area contributed by atoms with E-state index in [0.29, 0.717) is 17.1 Å². The zero-order valence-electron chi connectivity index (χ0n) is 16.7. The Labute approximate surface area is 174 Å². The lowest BCUT2D eigenvalue weighted by molar-refractivity contribution is -0.125. The first-order valence-corrected chi connectivity index (χ1v) is 10.1. The number of methoxy groups -OCH3 is 1. The molecule has 8 heteroatoms. The van der Waals surface area contributed by atoms with Crippen LogP contribution < -0.4 is 20.7 Å². The number of ether oxygens (including phenoxy) is 1. The maximum Gasteiger partial charge on any atom is 0.246 e. The van der Waals surface area contributed by atoms with Gasteiger partial charge in [-0.3, -0.25) is 14.4 Å². The molecule has 0 aromatic heterocycles. The molecule has 0 aliphatic rings. The quantitative estimate of drug-likeness (QED) is 0.546. The van der Waals surface area contributed by atoms with Crippen LogP contribution in [0.5, 0.6) is 5.75 Å². The summed E-state index contributed by atoms with van der Waals surface area (Å²) in [6, 6.07) is 13.7. The molecule has 7 nitrogen and oxygen atoms in total. The summed E-state index contributed by atoms with van der Waals surface area (Å²) in [4.78, 5) is 36.4. The van der Waals surface area contributed by atoms with Crippen LogP contribution in [0, 0.1) is 0 Å². The minimum Gasteiger partial charge on any atom is -0.496 e. The number of thioether (sulfide) groups is 1. The van der Waals surface area contributed by atoms with E-state index in [-0.39, 0.29) is 24.1 Å². The fourth-order valence-electron chi connectivity index (χ4n) is 2.46. The van der Waals surface area contributed by atoms with Crippen molar-refractivity contribution in [2.75, 3.05) is 23.5 Å². The van der Waals surface area contributed by atoms with E-state index in [1.54, 1.807) is 38.3 Å². The number of para-hydroxylation sites is 1. The van der Waals surface area contributed by atoms with Crippen molar-refractivity contribution in [2.45, 2.75) is 31.2 Å². The number of hydrogen-bond donors (Lipinski definition) is 3. The van der Waals surface area contributed by atoms with Crippen LogP contribution in [0.25, 0.3) is 0 Å². The molecule has 0 aliphatic heterocycles. The second-order valence-electron chi connectivity index (χ2n) is 6.29. The summed E-state index contributed by atoms with van der Waals surface area (Å²) in [5.41, 5.74) is 1.22. The maximum absolute atomic E-state index is 12.3. The van der Waals surface area contributed by atoms with Crippen molar-refractivity contribution in [3.63, 3.8) is 0 Å². The predicted octanol–water partition coefficient (Wildman–Crippen LogP) is 3.28. The van der Waals surface area contributed by atoms with Gasteiger partial charge in [0.15, 0.2) is 0 Å². The van der Waals surface area contributed by atoms with Gasteiger partial charge in [0.05, 0.1) is 7.11 Å². The highest BCUT2D eigenvalue weighted by Gasteiger charge is 2.16. The summed E-state index contributed by atoms with van der Waals surface area (Å²) in [6.07, 6.45) is 0.283. The zero-order chi connectivity index (χ0) is 21.2. The van der Waals surface area contributed by atoms with Crippen molar-refractivity contribution >= 4 is 40.9 Å². The van der Waals surface area contributed by atoms with E-state index in [4.69, 9.17) is 4.74 Å². The second-order valence-corrected chi connectivity index (χ2v) is 7.42. The van der Waals surface area contributed by atoms with Gasteiger partial charge in [0.2, 0.25) is 17.7 Å². The van der Waals surface area contributed by atoms with Gasteiger partial charge in [0, 0.05) is 35.4 Å². The Morgan fingerprint density at radius 3 is 2.24 bits per heavy atom. The number of nitrogens with one attached hydrogen (secondary N) is 3. The van der Waals surface area contributed by atoms with Crippen LogP contribution >= 0.6 is 11.8 Å². The van der Waals surface area contributed by atoms with Crippen molar-refractivity contribution < 1.29 is 19.1 Å². The van der Waals surface area contributed by atoms with Gasteiger partial charge in [0.25, 0.3) is 0 Å². The van der Waals surface area contributed by atoms with Crippen LogP contribution in [-0.4, -0.2) is 36.6 Å². The molecule has 154 valence electrons. The molecule has 2 aromatic carbocycles. The lowest BCUT2D eigenvalue weighted by Gasteiger charge is -2.14. The Morgan fingerprint density at radius 1 is 1.00 bits per heavy atom. The molecule has 0 aliphatic carbocycles. The summed E-state index contributed by atoms with van der Waals surface area (Å²) in [6.45, 7) is 3.06. The van der Waals surface area contributed by atoms with Crippen LogP contribution in [0.3, 0.4) is 0 Å². The Morgan fingerprint density at radius 2 is 1.62 bits per heavy atom. The standard InChI is InChI=1S/C21H25N3O4S/c1-14(21(27)24-17-10-8-16(9-11-17)23-15(2)25)22-20(26)12-13-29-19-7-5-4-6-18(19)28-3/h4-11,14H,12-13H2,1-3H3,(H,22,26)(H,23,25)(H,24,27). The van der Waals surface area contributed by atoms with Crippen LogP contribution in [0.4, 0.5) is 11.4 Å². The fourth-order valence-corrected chi connectivity index (χ4v) is 3.44. The molecule has 2 rings (SSSR count). The van der Waals surface area contributed by atoms with Crippen molar-refractivity contribution in [2.24, 2.45) is 0 Å². The lowest BCUT2D eigenvalue weighted by Crippen LogP contribution is -2.41. The number of benzene rings is 2. The molecule has 0 fully saturated rings. The molecule has 1 atom stereocenters. The lowest BCUT2D eigenvalue weighted by atomic mass is 10.2. The third kappa shape index (κ3) is 7.50. The van der Waals surface area contributed by atoms with Gasteiger partial charge in [-0.25, -0.2) is 0 Å². The molecule has 0 saturated heterocycles. The summed E-state index contributed by atoms with van der Waals surface area (Å²) in [5.74, 6) is 0.668. The molecular formula is C21H25N3O4S. The minimum atomic E-state index is -0.672. The van der Waals surface area contributed by atoms with Crippen molar-refractivity contribution in [3.05, 3.63) is 48.5 Å². The first kappa shape index (κ1) is 22.3. The average molecular weight is 416 g/mol.